The van der Waals surface area contributed by atoms with Crippen molar-refractivity contribution < 1.29 is 4.74 Å². The standard InChI is InChI=1S/C14H16BrN3O/c1-9(2)8-19-13-5-4-10(6-11(13)15)12-7-14(16)18(3)17-12/h4-7H,1,8,16H2,2-3H3. The molecule has 0 aliphatic heterocycles. The molecule has 0 atom stereocenters. The number of rotatable bonds is 4. The Balaban J connectivity index is 2.25. The number of aromatic nitrogens is 2. The zero-order valence-corrected chi connectivity index (χ0v) is 12.6. The molecule has 0 spiro atoms. The minimum atomic E-state index is 0.508. The first-order valence-electron chi connectivity index (χ1n) is 5.84. The van der Waals surface area contributed by atoms with E-state index >= 15 is 0 Å². The Hall–Kier alpha value is -1.75. The van der Waals surface area contributed by atoms with Crippen LogP contribution in [0, 0.1) is 0 Å². The van der Waals surface area contributed by atoms with Gasteiger partial charge in [0.15, 0.2) is 0 Å². The van der Waals surface area contributed by atoms with Crippen LogP contribution in [-0.2, 0) is 7.05 Å². The summed E-state index contributed by atoms with van der Waals surface area (Å²) in [7, 11) is 1.82. The maximum Gasteiger partial charge on any atom is 0.134 e. The highest BCUT2D eigenvalue weighted by Gasteiger charge is 2.08. The molecule has 0 saturated carbocycles. The van der Waals surface area contributed by atoms with E-state index in [1.54, 1.807) is 4.68 Å². The van der Waals surface area contributed by atoms with E-state index < -0.39 is 0 Å². The molecule has 0 unspecified atom stereocenters. The molecule has 0 bridgehead atoms. The van der Waals surface area contributed by atoms with Crippen LogP contribution in [0.25, 0.3) is 11.3 Å². The third kappa shape index (κ3) is 3.17. The molecule has 0 fully saturated rings. The fourth-order valence-corrected chi connectivity index (χ4v) is 2.09. The number of nitrogens with two attached hydrogens (primary N) is 1. The third-order valence-electron chi connectivity index (χ3n) is 2.62. The summed E-state index contributed by atoms with van der Waals surface area (Å²) < 4.78 is 8.15. The van der Waals surface area contributed by atoms with Gasteiger partial charge in [0.25, 0.3) is 0 Å². The van der Waals surface area contributed by atoms with E-state index in [1.807, 2.05) is 38.2 Å². The van der Waals surface area contributed by atoms with Crippen molar-refractivity contribution in [3.8, 4) is 17.0 Å². The van der Waals surface area contributed by atoms with Gasteiger partial charge in [-0.1, -0.05) is 6.58 Å². The highest BCUT2D eigenvalue weighted by atomic mass is 79.9. The second-order valence-electron chi connectivity index (χ2n) is 4.47. The lowest BCUT2D eigenvalue weighted by atomic mass is 10.1. The number of benzene rings is 1. The van der Waals surface area contributed by atoms with E-state index in [2.05, 4.69) is 27.6 Å². The van der Waals surface area contributed by atoms with Crippen LogP contribution in [-0.4, -0.2) is 16.4 Å². The SMILES string of the molecule is C=C(C)COc1ccc(-c2cc(N)n(C)n2)cc1Br. The van der Waals surface area contributed by atoms with Crippen LogP contribution in [0.3, 0.4) is 0 Å². The number of hydrogen-bond acceptors (Lipinski definition) is 3. The summed E-state index contributed by atoms with van der Waals surface area (Å²) in [6.45, 7) is 6.25. The Morgan fingerprint density at radius 1 is 1.47 bits per heavy atom. The van der Waals surface area contributed by atoms with Gasteiger partial charge in [0.1, 0.15) is 18.2 Å². The molecule has 1 aromatic carbocycles. The van der Waals surface area contributed by atoms with Gasteiger partial charge in [-0.05, 0) is 46.6 Å². The molecule has 1 aromatic heterocycles. The zero-order valence-electron chi connectivity index (χ0n) is 11.0. The average molecular weight is 322 g/mol. The molecule has 0 radical (unpaired) electrons. The van der Waals surface area contributed by atoms with Gasteiger partial charge in [0, 0.05) is 18.7 Å². The average Bonchev–Trinajstić information content (AvgIpc) is 2.68. The van der Waals surface area contributed by atoms with Crippen LogP contribution in [0.5, 0.6) is 5.75 Å². The van der Waals surface area contributed by atoms with Gasteiger partial charge in [-0.3, -0.25) is 4.68 Å². The minimum Gasteiger partial charge on any atom is -0.488 e. The minimum absolute atomic E-state index is 0.508. The summed E-state index contributed by atoms with van der Waals surface area (Å²) in [6.07, 6.45) is 0. The van der Waals surface area contributed by atoms with Crippen molar-refractivity contribution in [3.05, 3.63) is 40.9 Å². The summed E-state index contributed by atoms with van der Waals surface area (Å²) in [6, 6.07) is 7.68. The van der Waals surface area contributed by atoms with Gasteiger partial charge in [-0.2, -0.15) is 5.10 Å². The first-order valence-corrected chi connectivity index (χ1v) is 6.63. The molecule has 4 nitrogen and oxygen atoms in total. The van der Waals surface area contributed by atoms with Gasteiger partial charge < -0.3 is 10.5 Å². The van der Waals surface area contributed by atoms with Crippen molar-refractivity contribution in [1.29, 1.82) is 0 Å². The molecular formula is C14H16BrN3O. The van der Waals surface area contributed by atoms with Gasteiger partial charge in [-0.15, -0.1) is 0 Å². The molecular weight excluding hydrogens is 306 g/mol. The number of aryl methyl sites for hydroxylation is 1. The number of hydrogen-bond donors (Lipinski definition) is 1. The molecule has 0 aliphatic carbocycles. The lowest BCUT2D eigenvalue weighted by Crippen LogP contribution is -1.98. The second kappa shape index (κ2) is 5.48. The molecule has 2 rings (SSSR count). The fourth-order valence-electron chi connectivity index (χ4n) is 1.60. The van der Waals surface area contributed by atoms with Crippen molar-refractivity contribution in [2.45, 2.75) is 6.92 Å². The molecule has 2 aromatic rings. The lowest BCUT2D eigenvalue weighted by molar-refractivity contribution is 0.350. The molecule has 0 saturated heterocycles. The van der Waals surface area contributed by atoms with Crippen molar-refractivity contribution in [2.24, 2.45) is 7.05 Å². The van der Waals surface area contributed by atoms with E-state index in [-0.39, 0.29) is 0 Å². The summed E-state index contributed by atoms with van der Waals surface area (Å²) in [5.41, 5.74) is 8.59. The number of ether oxygens (including phenoxy) is 1. The first-order chi connectivity index (χ1) is 8.97. The van der Waals surface area contributed by atoms with Crippen LogP contribution >= 0.6 is 15.9 Å². The van der Waals surface area contributed by atoms with Crippen LogP contribution in [0.15, 0.2) is 40.9 Å². The highest BCUT2D eigenvalue weighted by molar-refractivity contribution is 9.10. The summed E-state index contributed by atoms with van der Waals surface area (Å²) in [4.78, 5) is 0. The van der Waals surface area contributed by atoms with Gasteiger partial charge in [0.05, 0.1) is 10.2 Å². The summed E-state index contributed by atoms with van der Waals surface area (Å²) >= 11 is 3.50. The first kappa shape index (κ1) is 13.7. The highest BCUT2D eigenvalue weighted by Crippen LogP contribution is 2.30. The third-order valence-corrected chi connectivity index (χ3v) is 3.24. The van der Waals surface area contributed by atoms with E-state index in [4.69, 9.17) is 10.5 Å². The van der Waals surface area contributed by atoms with Crippen LogP contribution in [0.1, 0.15) is 6.92 Å². The van der Waals surface area contributed by atoms with E-state index in [9.17, 15) is 0 Å². The number of halogens is 1. The Labute approximate surface area is 121 Å². The predicted molar refractivity (Wildman–Crippen MR) is 81.1 cm³/mol. The van der Waals surface area contributed by atoms with Crippen molar-refractivity contribution in [2.75, 3.05) is 12.3 Å². The van der Waals surface area contributed by atoms with Crippen LogP contribution < -0.4 is 10.5 Å². The van der Waals surface area contributed by atoms with E-state index in [0.717, 1.165) is 27.1 Å². The van der Waals surface area contributed by atoms with Crippen LogP contribution in [0.2, 0.25) is 0 Å². The maximum atomic E-state index is 5.78. The van der Waals surface area contributed by atoms with Crippen molar-refractivity contribution >= 4 is 21.7 Å². The Morgan fingerprint density at radius 2 is 2.21 bits per heavy atom. The smallest absolute Gasteiger partial charge is 0.134 e. The van der Waals surface area contributed by atoms with Gasteiger partial charge in [-0.25, -0.2) is 0 Å². The molecule has 2 N–H and O–H groups in total. The Bertz CT molecular complexity index is 600. The zero-order chi connectivity index (χ0) is 14.0. The number of nitrogens with zero attached hydrogens (tertiary/aromatic N) is 2. The second-order valence-corrected chi connectivity index (χ2v) is 5.32. The van der Waals surface area contributed by atoms with Crippen LogP contribution in [0.4, 0.5) is 5.82 Å². The van der Waals surface area contributed by atoms with E-state index in [0.29, 0.717) is 12.4 Å². The fraction of sp³-hybridized carbons (Fsp3) is 0.214. The lowest BCUT2D eigenvalue weighted by Gasteiger charge is -2.08. The van der Waals surface area contributed by atoms with Crippen molar-refractivity contribution in [3.63, 3.8) is 0 Å². The molecule has 0 amide bonds. The van der Waals surface area contributed by atoms with E-state index in [1.165, 1.54) is 0 Å². The quantitative estimate of drug-likeness (QED) is 0.878. The maximum absolute atomic E-state index is 5.78. The molecule has 5 heteroatoms. The topological polar surface area (TPSA) is 53.1 Å². The molecule has 19 heavy (non-hydrogen) atoms. The molecule has 0 aliphatic rings. The predicted octanol–water partition coefficient (Wildman–Crippen LogP) is 3.39. The molecule has 100 valence electrons. The largest absolute Gasteiger partial charge is 0.488 e. The normalized spacial score (nSPS) is 10.5. The van der Waals surface area contributed by atoms with Crippen molar-refractivity contribution in [1.82, 2.24) is 9.78 Å². The summed E-state index contributed by atoms with van der Waals surface area (Å²) in [5, 5.41) is 4.34. The number of nitrogen functional groups attached to an aromatic ring is 1. The monoisotopic (exact) mass is 321 g/mol. The van der Waals surface area contributed by atoms with Gasteiger partial charge >= 0.3 is 0 Å². The summed E-state index contributed by atoms with van der Waals surface area (Å²) in [5.74, 6) is 1.42. The number of anilines is 1. The van der Waals surface area contributed by atoms with Gasteiger partial charge in [0.2, 0.25) is 0 Å². The molecule has 1 heterocycles. The Morgan fingerprint density at radius 3 is 2.74 bits per heavy atom. The Kier molecular flexibility index (Phi) is 3.95.